The van der Waals surface area contributed by atoms with Crippen LogP contribution < -0.4 is 11.1 Å². The highest BCUT2D eigenvalue weighted by atomic mass is 32.1. The van der Waals surface area contributed by atoms with Crippen LogP contribution in [0.4, 0.5) is 0 Å². The predicted molar refractivity (Wildman–Crippen MR) is 82.7 cm³/mol. The van der Waals surface area contributed by atoms with Crippen molar-refractivity contribution < 1.29 is 0 Å². The molecule has 4 nitrogen and oxygen atoms in total. The van der Waals surface area contributed by atoms with Gasteiger partial charge in [0.2, 0.25) is 0 Å². The first-order valence-electron chi connectivity index (χ1n) is 7.12. The molecule has 1 aromatic rings. The number of nitrogens with zero attached hydrogens (tertiary/aromatic N) is 2. The van der Waals surface area contributed by atoms with Crippen LogP contribution in [-0.4, -0.2) is 37.0 Å². The number of rotatable bonds is 6. The lowest BCUT2D eigenvalue weighted by Crippen LogP contribution is -2.34. The number of hydrogen-bond acceptors (Lipinski definition) is 3. The molecule has 19 heavy (non-hydrogen) atoms. The van der Waals surface area contributed by atoms with Crippen LogP contribution >= 0.6 is 11.3 Å². The van der Waals surface area contributed by atoms with E-state index in [1.165, 1.54) is 30.8 Å². The van der Waals surface area contributed by atoms with Crippen LogP contribution in [0.15, 0.2) is 22.5 Å². The Morgan fingerprint density at radius 2 is 2.32 bits per heavy atom. The molecule has 1 aliphatic rings. The number of hydrogen-bond donors (Lipinski definition) is 2. The summed E-state index contributed by atoms with van der Waals surface area (Å²) in [6.07, 6.45) is 3.67. The predicted octanol–water partition coefficient (Wildman–Crippen LogP) is 2.20. The SMILES string of the molecule is CCCNC(N)=NCC(c1cccs1)N1CCCC1. The molecular formula is C14H24N4S. The van der Waals surface area contributed by atoms with Crippen LogP contribution in [0.5, 0.6) is 0 Å². The highest BCUT2D eigenvalue weighted by Crippen LogP contribution is 2.28. The largest absolute Gasteiger partial charge is 0.370 e. The number of aliphatic imine (C=N–C) groups is 1. The molecule has 2 heterocycles. The van der Waals surface area contributed by atoms with Crippen molar-refractivity contribution in [2.75, 3.05) is 26.2 Å². The van der Waals surface area contributed by atoms with Crippen LogP contribution in [0.1, 0.15) is 37.1 Å². The van der Waals surface area contributed by atoms with E-state index in [0.29, 0.717) is 12.0 Å². The average Bonchev–Trinajstić information content (AvgIpc) is 3.09. The lowest BCUT2D eigenvalue weighted by atomic mass is 10.2. The normalized spacial score (nSPS) is 18.7. The second kappa shape index (κ2) is 7.50. The Bertz CT molecular complexity index is 382. The topological polar surface area (TPSA) is 53.6 Å². The summed E-state index contributed by atoms with van der Waals surface area (Å²) in [5.74, 6) is 0.572. The van der Waals surface area contributed by atoms with E-state index in [-0.39, 0.29) is 0 Å². The van der Waals surface area contributed by atoms with E-state index >= 15 is 0 Å². The summed E-state index contributed by atoms with van der Waals surface area (Å²) < 4.78 is 0. The zero-order valence-corrected chi connectivity index (χ0v) is 12.5. The summed E-state index contributed by atoms with van der Waals surface area (Å²) in [6, 6.07) is 4.72. The lowest BCUT2D eigenvalue weighted by Gasteiger charge is -2.25. The summed E-state index contributed by atoms with van der Waals surface area (Å²) in [5.41, 5.74) is 5.88. The minimum atomic E-state index is 0.393. The molecule has 0 aromatic carbocycles. The van der Waals surface area contributed by atoms with Crippen molar-refractivity contribution in [3.8, 4) is 0 Å². The fraction of sp³-hybridized carbons (Fsp3) is 0.643. The Balaban J connectivity index is 1.98. The minimum Gasteiger partial charge on any atom is -0.370 e. The molecule has 0 spiro atoms. The van der Waals surface area contributed by atoms with E-state index in [1.54, 1.807) is 0 Å². The third-order valence-corrected chi connectivity index (χ3v) is 4.42. The van der Waals surface area contributed by atoms with Gasteiger partial charge in [0.25, 0.3) is 0 Å². The van der Waals surface area contributed by atoms with E-state index in [4.69, 9.17) is 5.73 Å². The van der Waals surface area contributed by atoms with Crippen LogP contribution in [-0.2, 0) is 0 Å². The van der Waals surface area contributed by atoms with E-state index in [1.807, 2.05) is 11.3 Å². The van der Waals surface area contributed by atoms with Gasteiger partial charge in [0, 0.05) is 11.4 Å². The fourth-order valence-electron chi connectivity index (χ4n) is 2.41. The number of nitrogens with one attached hydrogen (secondary N) is 1. The lowest BCUT2D eigenvalue weighted by molar-refractivity contribution is 0.255. The van der Waals surface area contributed by atoms with Gasteiger partial charge in [-0.3, -0.25) is 9.89 Å². The van der Waals surface area contributed by atoms with E-state index in [0.717, 1.165) is 19.5 Å². The smallest absolute Gasteiger partial charge is 0.188 e. The second-order valence-corrected chi connectivity index (χ2v) is 5.91. The molecule has 5 heteroatoms. The number of nitrogens with two attached hydrogens (primary N) is 1. The van der Waals surface area contributed by atoms with E-state index < -0.39 is 0 Å². The number of guanidine groups is 1. The maximum atomic E-state index is 5.88. The Kier molecular flexibility index (Phi) is 5.66. The molecule has 1 fully saturated rings. The van der Waals surface area contributed by atoms with Crippen LogP contribution in [0.3, 0.4) is 0 Å². The van der Waals surface area contributed by atoms with Crippen molar-refractivity contribution in [3.05, 3.63) is 22.4 Å². The quantitative estimate of drug-likeness (QED) is 0.620. The zero-order chi connectivity index (χ0) is 13.5. The van der Waals surface area contributed by atoms with E-state index in [2.05, 4.69) is 39.6 Å². The number of thiophene rings is 1. The highest BCUT2D eigenvalue weighted by molar-refractivity contribution is 7.10. The van der Waals surface area contributed by atoms with Crippen molar-refractivity contribution in [2.45, 2.75) is 32.2 Å². The molecule has 1 aliphatic heterocycles. The molecule has 3 N–H and O–H groups in total. The fourth-order valence-corrected chi connectivity index (χ4v) is 3.27. The third-order valence-electron chi connectivity index (χ3n) is 3.44. The average molecular weight is 280 g/mol. The van der Waals surface area contributed by atoms with Gasteiger partial charge in [-0.25, -0.2) is 0 Å². The van der Waals surface area contributed by atoms with Gasteiger partial charge in [0.15, 0.2) is 5.96 Å². The molecule has 1 aromatic heterocycles. The molecule has 1 unspecified atom stereocenters. The van der Waals surface area contributed by atoms with Gasteiger partial charge in [0.05, 0.1) is 12.6 Å². The zero-order valence-electron chi connectivity index (χ0n) is 11.6. The second-order valence-electron chi connectivity index (χ2n) is 4.93. The first-order chi connectivity index (χ1) is 9.31. The Hall–Kier alpha value is -1.07. The van der Waals surface area contributed by atoms with Gasteiger partial charge < -0.3 is 11.1 Å². The first-order valence-corrected chi connectivity index (χ1v) is 8.00. The van der Waals surface area contributed by atoms with Gasteiger partial charge in [-0.1, -0.05) is 13.0 Å². The van der Waals surface area contributed by atoms with Crippen molar-refractivity contribution in [3.63, 3.8) is 0 Å². The minimum absolute atomic E-state index is 0.393. The van der Waals surface area contributed by atoms with Crippen LogP contribution in [0, 0.1) is 0 Å². The third kappa shape index (κ3) is 4.21. The number of likely N-dealkylation sites (tertiary alicyclic amines) is 1. The molecule has 0 saturated carbocycles. The summed E-state index contributed by atoms with van der Waals surface area (Å²) in [7, 11) is 0. The molecule has 1 saturated heterocycles. The van der Waals surface area contributed by atoms with Gasteiger partial charge in [-0.05, 0) is 43.8 Å². The summed E-state index contributed by atoms with van der Waals surface area (Å²) >= 11 is 1.82. The maximum Gasteiger partial charge on any atom is 0.188 e. The molecule has 0 amide bonds. The van der Waals surface area contributed by atoms with Crippen molar-refractivity contribution in [1.29, 1.82) is 0 Å². The standard InChI is InChI=1S/C14H24N4S/c1-2-7-16-14(15)17-11-12(13-6-5-10-19-13)18-8-3-4-9-18/h5-6,10,12H,2-4,7-9,11H2,1H3,(H3,15,16,17). The monoisotopic (exact) mass is 280 g/mol. The summed E-state index contributed by atoms with van der Waals surface area (Å²) in [5, 5.41) is 5.28. The molecule has 0 bridgehead atoms. The van der Waals surface area contributed by atoms with Gasteiger partial charge >= 0.3 is 0 Å². The Labute approximate surface area is 119 Å². The summed E-state index contributed by atoms with van der Waals surface area (Å²) in [4.78, 5) is 8.44. The Morgan fingerprint density at radius 1 is 1.53 bits per heavy atom. The van der Waals surface area contributed by atoms with Crippen LogP contribution in [0.25, 0.3) is 0 Å². The van der Waals surface area contributed by atoms with Crippen LogP contribution in [0.2, 0.25) is 0 Å². The highest BCUT2D eigenvalue weighted by Gasteiger charge is 2.23. The van der Waals surface area contributed by atoms with Crippen molar-refractivity contribution in [1.82, 2.24) is 10.2 Å². The molecule has 0 aliphatic carbocycles. The van der Waals surface area contributed by atoms with Crippen molar-refractivity contribution >= 4 is 17.3 Å². The molecule has 0 radical (unpaired) electrons. The van der Waals surface area contributed by atoms with Crippen molar-refractivity contribution in [2.24, 2.45) is 10.7 Å². The van der Waals surface area contributed by atoms with Gasteiger partial charge in [-0.15, -0.1) is 11.3 Å². The maximum absolute atomic E-state index is 5.88. The molecule has 106 valence electrons. The van der Waals surface area contributed by atoms with Gasteiger partial charge in [-0.2, -0.15) is 0 Å². The molecule has 2 rings (SSSR count). The summed E-state index contributed by atoms with van der Waals surface area (Å²) in [6.45, 7) is 6.13. The Morgan fingerprint density at radius 3 is 2.95 bits per heavy atom. The van der Waals surface area contributed by atoms with E-state index in [9.17, 15) is 0 Å². The molecule has 1 atom stereocenters. The first kappa shape index (κ1) is 14.3. The van der Waals surface area contributed by atoms with Gasteiger partial charge in [0.1, 0.15) is 0 Å². The molecular weight excluding hydrogens is 256 g/mol.